The van der Waals surface area contributed by atoms with E-state index in [1.54, 1.807) is 6.07 Å². The minimum Gasteiger partial charge on any atom is -0.467 e. The molecule has 30 heavy (non-hydrogen) atoms. The number of esters is 1. The first kappa shape index (κ1) is 23.1. The van der Waals surface area contributed by atoms with Crippen LogP contribution in [0.2, 0.25) is 0 Å². The second-order valence-corrected chi connectivity index (χ2v) is 7.72. The predicted octanol–water partition coefficient (Wildman–Crippen LogP) is 1.93. The molecule has 9 nitrogen and oxygen atoms in total. The molecule has 10 heteroatoms. The maximum atomic E-state index is 11.8. The zero-order chi connectivity index (χ0) is 22.3. The number of rotatable bonds is 10. The van der Waals surface area contributed by atoms with Crippen LogP contribution in [0.1, 0.15) is 47.2 Å². The molecular weight excluding hydrogens is 406 g/mol. The van der Waals surface area contributed by atoms with Gasteiger partial charge in [0.2, 0.25) is 5.91 Å². The fourth-order valence-electron chi connectivity index (χ4n) is 3.23. The highest BCUT2D eigenvalue weighted by Gasteiger charge is 2.21. The lowest BCUT2D eigenvalue weighted by atomic mass is 10.1. The first-order chi connectivity index (χ1) is 14.3. The van der Waals surface area contributed by atoms with Gasteiger partial charge in [-0.05, 0) is 32.3 Å². The highest BCUT2D eigenvalue weighted by molar-refractivity contribution is 7.10. The number of primary amides is 1. The van der Waals surface area contributed by atoms with Gasteiger partial charge in [0.15, 0.2) is 0 Å². The predicted molar refractivity (Wildman–Crippen MR) is 112 cm³/mol. The molecule has 0 saturated carbocycles. The van der Waals surface area contributed by atoms with Crippen LogP contribution in [0.15, 0.2) is 11.4 Å². The first-order valence-corrected chi connectivity index (χ1v) is 10.3. The van der Waals surface area contributed by atoms with Crippen molar-refractivity contribution in [2.45, 2.75) is 52.1 Å². The number of hydrogen-bond acceptors (Lipinski definition) is 7. The van der Waals surface area contributed by atoms with Crippen LogP contribution in [0.25, 0.3) is 11.4 Å². The van der Waals surface area contributed by atoms with E-state index in [0.29, 0.717) is 42.1 Å². The third kappa shape index (κ3) is 5.67. The van der Waals surface area contributed by atoms with Gasteiger partial charge in [0, 0.05) is 24.5 Å². The Kier molecular flexibility index (Phi) is 8.12. The summed E-state index contributed by atoms with van der Waals surface area (Å²) in [6.45, 7) is 3.75. The molecule has 1 unspecified atom stereocenters. The maximum absolute atomic E-state index is 11.8. The lowest BCUT2D eigenvalue weighted by Crippen LogP contribution is -2.40. The summed E-state index contributed by atoms with van der Waals surface area (Å²) < 4.78 is 6.71. The number of nitrogens with one attached hydrogen (secondary N) is 1. The number of thiazole rings is 1. The van der Waals surface area contributed by atoms with Crippen molar-refractivity contribution in [1.29, 1.82) is 5.26 Å². The molecule has 0 spiro atoms. The second kappa shape index (κ2) is 10.5. The van der Waals surface area contributed by atoms with Crippen LogP contribution in [0, 0.1) is 18.3 Å². The lowest BCUT2D eigenvalue weighted by molar-refractivity contribution is -0.145. The number of unbranched alkanes of at least 4 members (excludes halogenated alkanes) is 1. The summed E-state index contributed by atoms with van der Waals surface area (Å²) in [5.41, 5.74) is 8.11. The SMILES string of the molecule is COC(=O)C(CCCCn1c(-c2csc(CC#N)n2)cc(C(N)=O)c1C)NC(C)=O. The summed E-state index contributed by atoms with van der Waals surface area (Å²) in [6.07, 6.45) is 2.02. The van der Waals surface area contributed by atoms with E-state index in [1.807, 2.05) is 16.9 Å². The van der Waals surface area contributed by atoms with Gasteiger partial charge in [-0.2, -0.15) is 5.26 Å². The summed E-state index contributed by atoms with van der Waals surface area (Å²) >= 11 is 1.39. The number of carbonyl (C=O) groups is 3. The fourth-order valence-corrected chi connectivity index (χ4v) is 3.95. The Balaban J connectivity index is 2.16. The summed E-state index contributed by atoms with van der Waals surface area (Å²) in [5.74, 6) is -1.29. The van der Waals surface area contributed by atoms with Crippen LogP contribution in [0.3, 0.4) is 0 Å². The van der Waals surface area contributed by atoms with Gasteiger partial charge >= 0.3 is 5.97 Å². The average molecular weight is 432 g/mol. The zero-order valence-electron chi connectivity index (χ0n) is 17.2. The molecular formula is C20H25N5O4S. The van der Waals surface area contributed by atoms with Crippen molar-refractivity contribution < 1.29 is 19.1 Å². The van der Waals surface area contributed by atoms with Gasteiger partial charge in [-0.1, -0.05) is 0 Å². The van der Waals surface area contributed by atoms with Gasteiger partial charge in [-0.3, -0.25) is 9.59 Å². The largest absolute Gasteiger partial charge is 0.467 e. The standard InChI is InChI=1S/C20H25N5O4S/c1-12-14(19(22)27)10-17(16-11-30-18(24-16)7-8-21)25(12)9-5-4-6-15(20(28)29-3)23-13(2)26/h10-11,15H,4-7,9H2,1-3H3,(H2,22,27)(H,23,26). The van der Waals surface area contributed by atoms with Gasteiger partial charge in [-0.15, -0.1) is 11.3 Å². The van der Waals surface area contributed by atoms with E-state index in [9.17, 15) is 14.4 Å². The third-order valence-corrected chi connectivity index (χ3v) is 5.51. The number of amides is 2. The van der Waals surface area contributed by atoms with Gasteiger partial charge in [0.05, 0.1) is 36.6 Å². The van der Waals surface area contributed by atoms with Crippen molar-refractivity contribution in [2.75, 3.05) is 7.11 Å². The molecule has 0 radical (unpaired) electrons. The molecule has 1 atom stereocenters. The van der Waals surface area contributed by atoms with E-state index in [1.165, 1.54) is 25.4 Å². The van der Waals surface area contributed by atoms with Crippen molar-refractivity contribution in [3.8, 4) is 17.5 Å². The first-order valence-electron chi connectivity index (χ1n) is 9.45. The smallest absolute Gasteiger partial charge is 0.328 e. The van der Waals surface area contributed by atoms with Crippen LogP contribution in [0.5, 0.6) is 0 Å². The summed E-state index contributed by atoms with van der Waals surface area (Å²) in [4.78, 5) is 39.4. The number of hydrogen-bond donors (Lipinski definition) is 2. The molecule has 2 aromatic rings. The zero-order valence-corrected chi connectivity index (χ0v) is 18.0. The Bertz CT molecular complexity index is 972. The monoisotopic (exact) mass is 431 g/mol. The molecule has 160 valence electrons. The number of ether oxygens (including phenoxy) is 1. The molecule has 0 aliphatic heterocycles. The normalized spacial score (nSPS) is 11.5. The Hall–Kier alpha value is -3.19. The summed E-state index contributed by atoms with van der Waals surface area (Å²) in [7, 11) is 1.28. The Morgan fingerprint density at radius 1 is 1.40 bits per heavy atom. The van der Waals surface area contributed by atoms with E-state index in [-0.39, 0.29) is 12.3 Å². The highest BCUT2D eigenvalue weighted by atomic mass is 32.1. The van der Waals surface area contributed by atoms with Crippen molar-refractivity contribution in [1.82, 2.24) is 14.9 Å². The number of nitrogens with zero attached hydrogens (tertiary/aromatic N) is 3. The Morgan fingerprint density at radius 2 is 2.13 bits per heavy atom. The van der Waals surface area contributed by atoms with Crippen LogP contribution in [-0.2, 0) is 27.3 Å². The number of nitriles is 1. The van der Waals surface area contributed by atoms with Crippen LogP contribution >= 0.6 is 11.3 Å². The van der Waals surface area contributed by atoms with Crippen LogP contribution < -0.4 is 11.1 Å². The van der Waals surface area contributed by atoms with E-state index in [4.69, 9.17) is 15.7 Å². The van der Waals surface area contributed by atoms with Gasteiger partial charge < -0.3 is 20.4 Å². The minimum absolute atomic E-state index is 0.227. The molecule has 2 aromatic heterocycles. The van der Waals surface area contributed by atoms with Crippen molar-refractivity contribution >= 4 is 29.1 Å². The molecule has 0 fully saturated rings. The Labute approximate surface area is 178 Å². The van der Waals surface area contributed by atoms with Crippen LogP contribution in [0.4, 0.5) is 0 Å². The van der Waals surface area contributed by atoms with E-state index in [2.05, 4.69) is 16.4 Å². The molecule has 0 aliphatic rings. The van der Waals surface area contributed by atoms with E-state index in [0.717, 1.165) is 11.4 Å². The van der Waals surface area contributed by atoms with Crippen molar-refractivity contribution in [2.24, 2.45) is 5.73 Å². The summed E-state index contributed by atoms with van der Waals surface area (Å²) in [5, 5.41) is 14.0. The molecule has 0 saturated heterocycles. The Morgan fingerprint density at radius 3 is 2.73 bits per heavy atom. The number of carbonyl (C=O) groups excluding carboxylic acids is 3. The molecule has 2 heterocycles. The van der Waals surface area contributed by atoms with Crippen molar-refractivity contribution in [3.63, 3.8) is 0 Å². The molecule has 3 N–H and O–H groups in total. The minimum atomic E-state index is -0.689. The maximum Gasteiger partial charge on any atom is 0.328 e. The van der Waals surface area contributed by atoms with Gasteiger partial charge in [0.25, 0.3) is 5.91 Å². The van der Waals surface area contributed by atoms with E-state index >= 15 is 0 Å². The molecule has 0 bridgehead atoms. The third-order valence-electron chi connectivity index (χ3n) is 4.66. The molecule has 2 rings (SSSR count). The number of nitrogens with two attached hydrogens (primary N) is 1. The van der Waals surface area contributed by atoms with Crippen molar-refractivity contribution in [3.05, 3.63) is 27.7 Å². The second-order valence-electron chi connectivity index (χ2n) is 6.78. The quantitative estimate of drug-likeness (QED) is 0.435. The van der Waals surface area contributed by atoms with Gasteiger partial charge in [0.1, 0.15) is 11.0 Å². The molecule has 0 aromatic carbocycles. The fraction of sp³-hybridized carbons (Fsp3) is 0.450. The number of methoxy groups -OCH3 is 1. The average Bonchev–Trinajstić information content (AvgIpc) is 3.28. The molecule has 2 amide bonds. The van der Waals surface area contributed by atoms with Gasteiger partial charge in [-0.25, -0.2) is 9.78 Å². The topological polar surface area (TPSA) is 140 Å². The number of aromatic nitrogens is 2. The highest BCUT2D eigenvalue weighted by Crippen LogP contribution is 2.28. The van der Waals surface area contributed by atoms with E-state index < -0.39 is 17.9 Å². The van der Waals surface area contributed by atoms with Crippen LogP contribution in [-0.4, -0.2) is 40.5 Å². The molecule has 0 aliphatic carbocycles. The summed E-state index contributed by atoms with van der Waals surface area (Å²) in [6, 6.07) is 3.11. The lowest BCUT2D eigenvalue weighted by Gasteiger charge is -2.16.